The molecule has 0 aliphatic rings. The van der Waals surface area contributed by atoms with Crippen LogP contribution in [0, 0.1) is 0 Å². The van der Waals surface area contributed by atoms with E-state index >= 15 is 0 Å². The molecule has 0 saturated heterocycles. The van der Waals surface area contributed by atoms with Gasteiger partial charge in [0.05, 0.1) is 6.54 Å². The quantitative estimate of drug-likeness (QED) is 0.789. The van der Waals surface area contributed by atoms with Crippen molar-refractivity contribution in [3.63, 3.8) is 0 Å². The molecule has 3 nitrogen and oxygen atoms in total. The minimum atomic E-state index is -0.0881. The molecule has 0 bridgehead atoms. The Labute approximate surface area is 137 Å². The van der Waals surface area contributed by atoms with Gasteiger partial charge in [-0.1, -0.05) is 45.7 Å². The first kappa shape index (κ1) is 15.9. The molecule has 0 spiro atoms. The van der Waals surface area contributed by atoms with Gasteiger partial charge in [-0.3, -0.25) is 4.79 Å². The molecular weight excluding hydrogens is 354 g/mol. The van der Waals surface area contributed by atoms with E-state index in [1.807, 2.05) is 30.3 Å². The molecular formula is C16H15BrClNO2. The predicted octanol–water partition coefficient (Wildman–Crippen LogP) is 4.25. The highest BCUT2D eigenvalue weighted by Crippen LogP contribution is 2.20. The Morgan fingerprint density at radius 3 is 2.62 bits per heavy atom. The number of ether oxygens (including phenoxy) is 1. The zero-order chi connectivity index (χ0) is 15.2. The maximum Gasteiger partial charge on any atom is 0.253 e. The monoisotopic (exact) mass is 367 g/mol. The second-order valence-corrected chi connectivity index (χ2v) is 5.90. The van der Waals surface area contributed by atoms with Crippen LogP contribution in [-0.2, 0) is 0 Å². The summed E-state index contributed by atoms with van der Waals surface area (Å²) in [5.74, 6) is 0.707. The van der Waals surface area contributed by atoms with Gasteiger partial charge in [0.2, 0.25) is 0 Å². The van der Waals surface area contributed by atoms with Crippen molar-refractivity contribution in [2.24, 2.45) is 0 Å². The van der Waals surface area contributed by atoms with Crippen LogP contribution in [0.25, 0.3) is 0 Å². The van der Waals surface area contributed by atoms with Crippen LogP contribution in [0.5, 0.6) is 5.75 Å². The van der Waals surface area contributed by atoms with Crippen LogP contribution in [0.3, 0.4) is 0 Å². The minimum absolute atomic E-state index is 0.0881. The third-order valence-corrected chi connectivity index (χ3v) is 3.57. The van der Waals surface area contributed by atoms with E-state index in [4.69, 9.17) is 16.3 Å². The average molecular weight is 369 g/mol. The third-order valence-electron chi connectivity index (χ3n) is 2.89. The SMILES string of the molecule is CN(CCOc1ccccc1)C(=O)c1cc(Cl)cc(Br)c1. The highest BCUT2D eigenvalue weighted by molar-refractivity contribution is 9.10. The molecule has 0 heterocycles. The van der Waals surface area contributed by atoms with Gasteiger partial charge >= 0.3 is 0 Å². The number of halogens is 2. The van der Waals surface area contributed by atoms with E-state index in [0.29, 0.717) is 23.7 Å². The van der Waals surface area contributed by atoms with Gasteiger partial charge < -0.3 is 9.64 Å². The summed E-state index contributed by atoms with van der Waals surface area (Å²) in [6.45, 7) is 0.936. The van der Waals surface area contributed by atoms with Crippen LogP contribution in [-0.4, -0.2) is 31.0 Å². The van der Waals surface area contributed by atoms with Gasteiger partial charge in [0.25, 0.3) is 5.91 Å². The van der Waals surface area contributed by atoms with E-state index in [0.717, 1.165) is 10.2 Å². The molecule has 0 saturated carbocycles. The van der Waals surface area contributed by atoms with Gasteiger partial charge in [0, 0.05) is 22.1 Å². The highest BCUT2D eigenvalue weighted by Gasteiger charge is 2.13. The maximum absolute atomic E-state index is 12.3. The van der Waals surface area contributed by atoms with Crippen molar-refractivity contribution >= 4 is 33.4 Å². The van der Waals surface area contributed by atoms with Crippen molar-refractivity contribution in [1.82, 2.24) is 4.90 Å². The molecule has 0 N–H and O–H groups in total. The summed E-state index contributed by atoms with van der Waals surface area (Å²) in [6.07, 6.45) is 0. The third kappa shape index (κ3) is 4.76. The van der Waals surface area contributed by atoms with Crippen LogP contribution in [0.2, 0.25) is 5.02 Å². The summed E-state index contributed by atoms with van der Waals surface area (Å²) in [5, 5.41) is 0.529. The zero-order valence-corrected chi connectivity index (χ0v) is 13.9. The lowest BCUT2D eigenvalue weighted by atomic mass is 10.2. The lowest BCUT2D eigenvalue weighted by Crippen LogP contribution is -2.30. The molecule has 1 amide bonds. The van der Waals surface area contributed by atoms with Crippen molar-refractivity contribution in [3.8, 4) is 5.75 Å². The number of para-hydroxylation sites is 1. The van der Waals surface area contributed by atoms with Gasteiger partial charge in [-0.25, -0.2) is 0 Å². The van der Waals surface area contributed by atoms with Crippen LogP contribution < -0.4 is 4.74 Å². The molecule has 0 aliphatic heterocycles. The van der Waals surface area contributed by atoms with Crippen LogP contribution in [0.4, 0.5) is 0 Å². The normalized spacial score (nSPS) is 10.2. The van der Waals surface area contributed by atoms with Gasteiger partial charge in [-0.15, -0.1) is 0 Å². The van der Waals surface area contributed by atoms with Gasteiger partial charge in [-0.05, 0) is 30.3 Å². The van der Waals surface area contributed by atoms with E-state index in [1.165, 1.54) is 0 Å². The Balaban J connectivity index is 1.90. The Hall–Kier alpha value is -1.52. The fourth-order valence-corrected chi connectivity index (χ4v) is 2.68. The van der Waals surface area contributed by atoms with Crippen LogP contribution in [0.1, 0.15) is 10.4 Å². The van der Waals surface area contributed by atoms with Gasteiger partial charge in [0.1, 0.15) is 12.4 Å². The summed E-state index contributed by atoms with van der Waals surface area (Å²) < 4.78 is 6.37. The summed E-state index contributed by atoms with van der Waals surface area (Å²) in [7, 11) is 1.74. The summed E-state index contributed by atoms with van der Waals surface area (Å²) in [4.78, 5) is 13.9. The van der Waals surface area contributed by atoms with Crippen molar-refractivity contribution < 1.29 is 9.53 Å². The number of amides is 1. The Morgan fingerprint density at radius 2 is 1.95 bits per heavy atom. The summed E-state index contributed by atoms with van der Waals surface area (Å²) in [6, 6.07) is 14.7. The lowest BCUT2D eigenvalue weighted by Gasteiger charge is -2.18. The molecule has 110 valence electrons. The Morgan fingerprint density at radius 1 is 1.24 bits per heavy atom. The molecule has 0 radical (unpaired) electrons. The largest absolute Gasteiger partial charge is 0.492 e. The molecule has 2 aromatic rings. The van der Waals surface area contributed by atoms with Crippen molar-refractivity contribution in [1.29, 1.82) is 0 Å². The Kier molecular flexibility index (Phi) is 5.65. The van der Waals surface area contributed by atoms with Crippen LogP contribution in [0.15, 0.2) is 53.0 Å². The van der Waals surface area contributed by atoms with Crippen molar-refractivity contribution in [2.75, 3.05) is 20.2 Å². The van der Waals surface area contributed by atoms with Crippen molar-refractivity contribution in [3.05, 3.63) is 63.6 Å². The minimum Gasteiger partial charge on any atom is -0.492 e. The number of hydrogen-bond acceptors (Lipinski definition) is 2. The van der Waals surface area contributed by atoms with Crippen molar-refractivity contribution in [2.45, 2.75) is 0 Å². The maximum atomic E-state index is 12.3. The molecule has 5 heteroatoms. The first-order valence-corrected chi connectivity index (χ1v) is 7.63. The smallest absolute Gasteiger partial charge is 0.253 e. The first-order chi connectivity index (χ1) is 10.1. The molecule has 0 unspecified atom stereocenters. The standard InChI is InChI=1S/C16H15BrClNO2/c1-19(7-8-21-15-5-3-2-4-6-15)16(20)12-9-13(17)11-14(18)10-12/h2-6,9-11H,7-8H2,1H3. The van der Waals surface area contributed by atoms with E-state index in [9.17, 15) is 4.79 Å². The predicted molar refractivity (Wildman–Crippen MR) is 88.0 cm³/mol. The fourth-order valence-electron chi connectivity index (χ4n) is 1.82. The number of likely N-dealkylation sites (N-methyl/N-ethyl adjacent to an activating group) is 1. The molecule has 0 aliphatic carbocycles. The second kappa shape index (κ2) is 7.48. The number of carbonyl (C=O) groups is 1. The molecule has 21 heavy (non-hydrogen) atoms. The summed E-state index contributed by atoms with van der Waals surface area (Å²) >= 11 is 9.29. The molecule has 0 aromatic heterocycles. The second-order valence-electron chi connectivity index (χ2n) is 4.55. The number of benzene rings is 2. The average Bonchev–Trinajstić information content (AvgIpc) is 2.46. The number of hydrogen-bond donors (Lipinski definition) is 0. The fraction of sp³-hybridized carbons (Fsp3) is 0.188. The Bertz CT molecular complexity index is 599. The van der Waals surface area contributed by atoms with E-state index < -0.39 is 0 Å². The number of rotatable bonds is 5. The molecule has 2 aromatic carbocycles. The molecule has 0 atom stereocenters. The number of carbonyl (C=O) groups excluding carboxylic acids is 1. The van der Waals surface area contributed by atoms with E-state index in [-0.39, 0.29) is 5.91 Å². The topological polar surface area (TPSA) is 29.5 Å². The van der Waals surface area contributed by atoms with Crippen LogP contribution >= 0.6 is 27.5 Å². The zero-order valence-electron chi connectivity index (χ0n) is 11.6. The first-order valence-electron chi connectivity index (χ1n) is 6.45. The lowest BCUT2D eigenvalue weighted by molar-refractivity contribution is 0.0773. The van der Waals surface area contributed by atoms with Gasteiger partial charge in [0.15, 0.2) is 0 Å². The molecule has 0 fully saturated rings. The molecule has 2 rings (SSSR count). The van der Waals surface area contributed by atoms with E-state index in [1.54, 1.807) is 30.1 Å². The number of nitrogens with zero attached hydrogens (tertiary/aromatic N) is 1. The summed E-state index contributed by atoms with van der Waals surface area (Å²) in [5.41, 5.74) is 0.552. The van der Waals surface area contributed by atoms with Gasteiger partial charge in [-0.2, -0.15) is 0 Å². The van der Waals surface area contributed by atoms with E-state index in [2.05, 4.69) is 15.9 Å². The highest BCUT2D eigenvalue weighted by atomic mass is 79.9.